The molecule has 7 nitrogen and oxygen atoms in total. The fraction of sp³-hybridized carbons (Fsp3) is 0.150. The van der Waals surface area contributed by atoms with Crippen molar-refractivity contribution in [2.24, 2.45) is 0 Å². The topological polar surface area (TPSA) is 122 Å². The molecule has 3 heterocycles. The van der Waals surface area contributed by atoms with Crippen LogP contribution in [0.4, 0.5) is 14.6 Å². The summed E-state index contributed by atoms with van der Waals surface area (Å²) in [5, 5.41) is 19.7. The maximum atomic E-state index is 12.3. The van der Waals surface area contributed by atoms with Crippen LogP contribution in [0.1, 0.15) is 16.7 Å². The first-order chi connectivity index (χ1) is 14.5. The van der Waals surface area contributed by atoms with Gasteiger partial charge in [-0.05, 0) is 23.8 Å². The van der Waals surface area contributed by atoms with Crippen LogP contribution in [0.25, 0.3) is 11.3 Å². The van der Waals surface area contributed by atoms with Crippen molar-refractivity contribution in [2.75, 3.05) is 12.3 Å². The minimum atomic E-state index is -2.61. The van der Waals surface area contributed by atoms with E-state index < -0.39 is 13.0 Å². The lowest BCUT2D eigenvalue weighted by atomic mass is 10.0. The molecule has 0 aliphatic rings. The standard InChI is InChI=1S/C20H14F2N6OS/c21-17(22)10-29-13-3-4-16(27-9-13)18-14(6-23)19(25)28-20(15(18)7-24)30-11-12-2-1-5-26-8-12/h1-5,8-9,17H,10-11H2,(H2,25,28). The van der Waals surface area contributed by atoms with Gasteiger partial charge >= 0.3 is 0 Å². The summed E-state index contributed by atoms with van der Waals surface area (Å²) in [5.74, 6) is 0.609. The fourth-order valence-electron chi connectivity index (χ4n) is 2.57. The Hall–Kier alpha value is -3.76. The summed E-state index contributed by atoms with van der Waals surface area (Å²) >= 11 is 1.28. The Morgan fingerprint density at radius 3 is 2.53 bits per heavy atom. The highest BCUT2D eigenvalue weighted by molar-refractivity contribution is 7.98. The number of alkyl halides is 2. The Balaban J connectivity index is 1.99. The quantitative estimate of drug-likeness (QED) is 0.569. The molecule has 0 unspecified atom stereocenters. The first kappa shape index (κ1) is 21.0. The zero-order chi connectivity index (χ0) is 21.5. The molecule has 0 atom stereocenters. The molecule has 10 heteroatoms. The van der Waals surface area contributed by atoms with Gasteiger partial charge in [0, 0.05) is 23.7 Å². The molecule has 0 aromatic carbocycles. The fourth-order valence-corrected chi connectivity index (χ4v) is 3.50. The SMILES string of the molecule is N#Cc1c(N)nc(SCc2cccnc2)c(C#N)c1-c1ccc(OCC(F)F)cn1. The summed E-state index contributed by atoms with van der Waals surface area (Å²) in [5.41, 5.74) is 7.59. The monoisotopic (exact) mass is 424 g/mol. The minimum Gasteiger partial charge on any atom is -0.486 e. The zero-order valence-corrected chi connectivity index (χ0v) is 16.2. The number of halogens is 2. The van der Waals surface area contributed by atoms with Gasteiger partial charge in [-0.1, -0.05) is 6.07 Å². The van der Waals surface area contributed by atoms with Crippen molar-refractivity contribution in [3.63, 3.8) is 0 Å². The van der Waals surface area contributed by atoms with Crippen molar-refractivity contribution in [1.82, 2.24) is 15.0 Å². The molecule has 0 spiro atoms. The van der Waals surface area contributed by atoms with Crippen molar-refractivity contribution in [3.05, 3.63) is 59.5 Å². The molecule has 0 aliphatic carbocycles. The highest BCUT2D eigenvalue weighted by Crippen LogP contribution is 2.36. The number of aromatic nitrogens is 3. The predicted molar refractivity (Wildman–Crippen MR) is 107 cm³/mol. The Morgan fingerprint density at radius 1 is 1.13 bits per heavy atom. The number of thioether (sulfide) groups is 1. The van der Waals surface area contributed by atoms with Crippen LogP contribution in [0.3, 0.4) is 0 Å². The average molecular weight is 424 g/mol. The summed E-state index contributed by atoms with van der Waals surface area (Å²) in [7, 11) is 0. The van der Waals surface area contributed by atoms with Crippen molar-refractivity contribution >= 4 is 17.6 Å². The first-order valence-electron chi connectivity index (χ1n) is 8.56. The molecule has 30 heavy (non-hydrogen) atoms. The number of hydrogen-bond donors (Lipinski definition) is 1. The van der Waals surface area contributed by atoms with Gasteiger partial charge in [-0.3, -0.25) is 9.97 Å². The lowest BCUT2D eigenvalue weighted by Gasteiger charge is -2.13. The molecule has 2 N–H and O–H groups in total. The van der Waals surface area contributed by atoms with E-state index in [9.17, 15) is 19.3 Å². The number of nitriles is 2. The number of nitrogens with zero attached hydrogens (tertiary/aromatic N) is 5. The smallest absolute Gasteiger partial charge is 0.272 e. The van der Waals surface area contributed by atoms with Gasteiger partial charge in [0.15, 0.2) is 0 Å². The maximum absolute atomic E-state index is 12.3. The van der Waals surface area contributed by atoms with Gasteiger partial charge in [-0.2, -0.15) is 10.5 Å². The molecule has 0 fully saturated rings. The lowest BCUT2D eigenvalue weighted by molar-refractivity contribution is 0.0817. The third-order valence-corrected chi connectivity index (χ3v) is 4.93. The van der Waals surface area contributed by atoms with Gasteiger partial charge in [-0.25, -0.2) is 13.8 Å². The molecule has 3 rings (SSSR count). The molecule has 3 aromatic rings. The molecular formula is C20H14F2N6OS. The number of hydrogen-bond acceptors (Lipinski definition) is 8. The van der Waals surface area contributed by atoms with Crippen molar-refractivity contribution in [3.8, 4) is 29.1 Å². The predicted octanol–water partition coefficient (Wildman–Crippen LogP) is 3.80. The van der Waals surface area contributed by atoms with E-state index in [0.29, 0.717) is 10.8 Å². The number of nitrogen functional groups attached to an aromatic ring is 1. The summed E-state index contributed by atoms with van der Waals surface area (Å²) < 4.78 is 29.5. The second-order valence-corrected chi connectivity index (χ2v) is 6.85. The number of nitrogens with two attached hydrogens (primary N) is 1. The van der Waals surface area contributed by atoms with Crippen LogP contribution in [0, 0.1) is 22.7 Å². The summed E-state index contributed by atoms with van der Waals surface area (Å²) in [6.45, 7) is -0.759. The Labute approximate surface area is 175 Å². The van der Waals surface area contributed by atoms with E-state index in [1.165, 1.54) is 30.1 Å². The van der Waals surface area contributed by atoms with Gasteiger partial charge in [0.05, 0.1) is 17.5 Å². The average Bonchev–Trinajstić information content (AvgIpc) is 2.76. The van der Waals surface area contributed by atoms with Crippen LogP contribution in [-0.4, -0.2) is 28.0 Å². The second kappa shape index (κ2) is 9.63. The van der Waals surface area contributed by atoms with Crippen LogP contribution in [0.15, 0.2) is 47.9 Å². The first-order valence-corrected chi connectivity index (χ1v) is 9.54. The number of anilines is 1. The van der Waals surface area contributed by atoms with Crippen LogP contribution in [-0.2, 0) is 5.75 Å². The Kier molecular flexibility index (Phi) is 6.73. The van der Waals surface area contributed by atoms with Crippen LogP contribution < -0.4 is 10.5 Å². The minimum absolute atomic E-state index is 0.0195. The van der Waals surface area contributed by atoms with Crippen LogP contribution >= 0.6 is 11.8 Å². The van der Waals surface area contributed by atoms with Gasteiger partial charge in [0.1, 0.15) is 40.9 Å². The van der Waals surface area contributed by atoms with Gasteiger partial charge in [0.2, 0.25) is 0 Å². The highest BCUT2D eigenvalue weighted by atomic mass is 32.2. The van der Waals surface area contributed by atoms with Crippen molar-refractivity contribution in [2.45, 2.75) is 17.2 Å². The molecule has 0 radical (unpaired) electrons. The van der Waals surface area contributed by atoms with Gasteiger partial charge in [0.25, 0.3) is 6.43 Å². The molecule has 3 aromatic heterocycles. The molecule has 150 valence electrons. The van der Waals surface area contributed by atoms with Crippen LogP contribution in [0.2, 0.25) is 0 Å². The van der Waals surface area contributed by atoms with E-state index >= 15 is 0 Å². The van der Waals surface area contributed by atoms with E-state index in [-0.39, 0.29) is 34.0 Å². The third-order valence-electron chi connectivity index (χ3n) is 3.88. The van der Waals surface area contributed by atoms with Crippen molar-refractivity contribution in [1.29, 1.82) is 10.5 Å². The molecular weight excluding hydrogens is 410 g/mol. The third kappa shape index (κ3) is 4.80. The summed E-state index contributed by atoms with van der Waals surface area (Å²) in [6.07, 6.45) is 2.00. The Morgan fingerprint density at radius 2 is 1.93 bits per heavy atom. The number of ether oxygens (including phenoxy) is 1. The zero-order valence-electron chi connectivity index (χ0n) is 15.4. The van der Waals surface area contributed by atoms with Gasteiger partial charge < -0.3 is 10.5 Å². The van der Waals surface area contributed by atoms with E-state index in [1.54, 1.807) is 18.5 Å². The van der Waals surface area contributed by atoms with Crippen molar-refractivity contribution < 1.29 is 13.5 Å². The van der Waals surface area contributed by atoms with E-state index in [0.717, 1.165) is 5.56 Å². The van der Waals surface area contributed by atoms with E-state index in [1.807, 2.05) is 12.1 Å². The van der Waals surface area contributed by atoms with E-state index in [4.69, 9.17) is 10.5 Å². The normalized spacial score (nSPS) is 10.4. The lowest BCUT2D eigenvalue weighted by Crippen LogP contribution is -2.07. The van der Waals surface area contributed by atoms with Gasteiger partial charge in [-0.15, -0.1) is 11.8 Å². The maximum Gasteiger partial charge on any atom is 0.272 e. The Bertz CT molecular complexity index is 1110. The highest BCUT2D eigenvalue weighted by Gasteiger charge is 2.21. The molecule has 0 saturated carbocycles. The molecule has 0 amide bonds. The van der Waals surface area contributed by atoms with Crippen LogP contribution in [0.5, 0.6) is 5.75 Å². The second-order valence-electron chi connectivity index (χ2n) is 5.88. The number of pyridine rings is 3. The summed E-state index contributed by atoms with van der Waals surface area (Å²) in [4.78, 5) is 12.4. The molecule has 0 saturated heterocycles. The van der Waals surface area contributed by atoms with E-state index in [2.05, 4.69) is 21.0 Å². The number of rotatable bonds is 7. The largest absolute Gasteiger partial charge is 0.486 e. The molecule has 0 aliphatic heterocycles. The summed E-state index contributed by atoms with van der Waals surface area (Å²) in [6, 6.07) is 10.6. The molecule has 0 bridgehead atoms.